The number of halogens is 2. The highest BCUT2D eigenvalue weighted by molar-refractivity contribution is 9.10. The molecule has 0 saturated heterocycles. The summed E-state index contributed by atoms with van der Waals surface area (Å²) in [4.78, 5) is 12.2. The number of amides is 1. The zero-order valence-electron chi connectivity index (χ0n) is 14.7. The normalized spacial score (nSPS) is 10.1. The first-order valence-corrected chi connectivity index (χ1v) is 8.92. The second-order valence-electron chi connectivity index (χ2n) is 5.68. The fourth-order valence-electron chi connectivity index (χ4n) is 2.43. The maximum atomic E-state index is 13.9. The lowest BCUT2D eigenvalue weighted by Gasteiger charge is -2.11. The Hall–Kier alpha value is -3.37. The Morgan fingerprint density at radius 2 is 1.82 bits per heavy atom. The van der Waals surface area contributed by atoms with E-state index in [-0.39, 0.29) is 5.56 Å². The number of methoxy groups -OCH3 is 1. The molecule has 3 aromatic carbocycles. The predicted octanol–water partition coefficient (Wildman–Crippen LogP) is 5.51. The van der Waals surface area contributed by atoms with Crippen molar-refractivity contribution in [2.45, 2.75) is 0 Å². The molecule has 3 rings (SSSR count). The number of anilines is 1. The molecule has 1 N–H and O–H groups in total. The summed E-state index contributed by atoms with van der Waals surface area (Å²) in [7, 11) is 1.49. The van der Waals surface area contributed by atoms with Gasteiger partial charge < -0.3 is 14.8 Å². The molecule has 0 heterocycles. The summed E-state index contributed by atoms with van der Waals surface area (Å²) in [6, 6.07) is 17.7. The molecule has 140 valence electrons. The van der Waals surface area contributed by atoms with Crippen LogP contribution < -0.4 is 14.8 Å². The third-order valence-electron chi connectivity index (χ3n) is 3.81. The lowest BCUT2D eigenvalue weighted by Crippen LogP contribution is -2.13. The van der Waals surface area contributed by atoms with Gasteiger partial charge in [0.15, 0.2) is 11.5 Å². The van der Waals surface area contributed by atoms with E-state index in [1.54, 1.807) is 48.5 Å². The summed E-state index contributed by atoms with van der Waals surface area (Å²) in [6.07, 6.45) is 0. The van der Waals surface area contributed by atoms with Gasteiger partial charge in [-0.1, -0.05) is 15.9 Å². The van der Waals surface area contributed by atoms with E-state index in [1.165, 1.54) is 19.2 Å². The summed E-state index contributed by atoms with van der Waals surface area (Å²) in [6.45, 7) is 0. The Morgan fingerprint density at radius 1 is 1.07 bits per heavy atom. The van der Waals surface area contributed by atoms with Crippen molar-refractivity contribution in [3.63, 3.8) is 0 Å². The highest BCUT2D eigenvalue weighted by Gasteiger charge is 2.12. The maximum Gasteiger partial charge on any atom is 0.258 e. The maximum absolute atomic E-state index is 13.9. The number of rotatable bonds is 5. The van der Waals surface area contributed by atoms with Crippen LogP contribution in [0.5, 0.6) is 17.2 Å². The molecule has 28 heavy (non-hydrogen) atoms. The van der Waals surface area contributed by atoms with Crippen molar-refractivity contribution in [3.8, 4) is 23.3 Å². The first kappa shape index (κ1) is 19.4. The Morgan fingerprint density at radius 3 is 2.46 bits per heavy atom. The van der Waals surface area contributed by atoms with E-state index in [0.717, 1.165) is 0 Å². The van der Waals surface area contributed by atoms with Gasteiger partial charge in [0.05, 0.1) is 24.3 Å². The van der Waals surface area contributed by atoms with Crippen molar-refractivity contribution in [1.82, 2.24) is 0 Å². The molecule has 0 radical (unpaired) electrons. The van der Waals surface area contributed by atoms with Crippen LogP contribution in [0.25, 0.3) is 0 Å². The number of ether oxygens (including phenoxy) is 2. The molecule has 0 aliphatic heterocycles. The number of hydrogen-bond donors (Lipinski definition) is 1. The van der Waals surface area contributed by atoms with Gasteiger partial charge in [-0.25, -0.2) is 4.39 Å². The summed E-state index contributed by atoms with van der Waals surface area (Å²) in [5.41, 5.74) is 0.903. The number of nitrogens with one attached hydrogen (secondary N) is 1. The molecular weight excluding hydrogens is 427 g/mol. The predicted molar refractivity (Wildman–Crippen MR) is 106 cm³/mol. The summed E-state index contributed by atoms with van der Waals surface area (Å²) in [5, 5.41) is 11.6. The second-order valence-corrected chi connectivity index (χ2v) is 6.60. The van der Waals surface area contributed by atoms with E-state index in [9.17, 15) is 9.18 Å². The molecule has 0 fully saturated rings. The van der Waals surface area contributed by atoms with Crippen molar-refractivity contribution in [2.75, 3.05) is 12.4 Å². The molecule has 3 aromatic rings. The molecule has 1 amide bonds. The van der Waals surface area contributed by atoms with E-state index in [1.807, 2.05) is 6.07 Å². The van der Waals surface area contributed by atoms with Gasteiger partial charge in [0.25, 0.3) is 5.91 Å². The average molecular weight is 441 g/mol. The highest BCUT2D eigenvalue weighted by Crippen LogP contribution is 2.32. The molecule has 0 atom stereocenters. The minimum atomic E-state index is -0.611. The third-order valence-corrected chi connectivity index (χ3v) is 4.30. The van der Waals surface area contributed by atoms with Crippen LogP contribution in [0.15, 0.2) is 65.1 Å². The highest BCUT2D eigenvalue weighted by atomic mass is 79.9. The van der Waals surface area contributed by atoms with Gasteiger partial charge in [-0.3, -0.25) is 4.79 Å². The van der Waals surface area contributed by atoms with Crippen LogP contribution in [0.4, 0.5) is 10.1 Å². The molecule has 0 aliphatic rings. The molecule has 7 heteroatoms. The number of carbonyl (C=O) groups is 1. The average Bonchev–Trinajstić information content (AvgIpc) is 2.69. The standard InChI is InChI=1S/C21H14BrFN2O3/c1-27-20-10-13(12-24)2-9-19(20)28-16-6-4-15(5-7-16)25-21(26)17-8-3-14(22)11-18(17)23/h2-11H,1H3,(H,25,26). The van der Waals surface area contributed by atoms with Crippen LogP contribution in [0.2, 0.25) is 0 Å². The van der Waals surface area contributed by atoms with E-state index in [2.05, 4.69) is 21.2 Å². The van der Waals surface area contributed by atoms with Crippen LogP contribution in [0.1, 0.15) is 15.9 Å². The van der Waals surface area contributed by atoms with Gasteiger partial charge in [0.1, 0.15) is 11.6 Å². The fourth-order valence-corrected chi connectivity index (χ4v) is 2.76. The van der Waals surface area contributed by atoms with Crippen LogP contribution in [0.3, 0.4) is 0 Å². The molecule has 0 aliphatic carbocycles. The lowest BCUT2D eigenvalue weighted by molar-refractivity contribution is 0.102. The minimum absolute atomic E-state index is 0.0501. The summed E-state index contributed by atoms with van der Waals surface area (Å²) in [5.74, 6) is 0.236. The molecule has 5 nitrogen and oxygen atoms in total. The molecular formula is C21H14BrFN2O3. The van der Waals surface area contributed by atoms with E-state index in [4.69, 9.17) is 14.7 Å². The van der Waals surface area contributed by atoms with Gasteiger partial charge in [-0.15, -0.1) is 0 Å². The second kappa shape index (κ2) is 8.55. The van der Waals surface area contributed by atoms with Crippen molar-refractivity contribution in [2.24, 2.45) is 0 Å². The Balaban J connectivity index is 1.72. The lowest BCUT2D eigenvalue weighted by atomic mass is 10.2. The smallest absolute Gasteiger partial charge is 0.258 e. The minimum Gasteiger partial charge on any atom is -0.493 e. The van der Waals surface area contributed by atoms with Crippen LogP contribution >= 0.6 is 15.9 Å². The number of hydrogen-bond acceptors (Lipinski definition) is 4. The van der Waals surface area contributed by atoms with Crippen LogP contribution in [-0.4, -0.2) is 13.0 Å². The molecule has 0 saturated carbocycles. The third kappa shape index (κ3) is 4.48. The Labute approximate surface area is 169 Å². The zero-order valence-corrected chi connectivity index (χ0v) is 16.3. The number of nitriles is 1. The topological polar surface area (TPSA) is 71.3 Å². The SMILES string of the molecule is COc1cc(C#N)ccc1Oc1ccc(NC(=O)c2ccc(Br)cc2F)cc1. The number of benzene rings is 3. The fraction of sp³-hybridized carbons (Fsp3) is 0.0476. The van der Waals surface area contributed by atoms with Crippen molar-refractivity contribution in [1.29, 1.82) is 5.26 Å². The van der Waals surface area contributed by atoms with Gasteiger partial charge >= 0.3 is 0 Å². The van der Waals surface area contributed by atoms with Crippen LogP contribution in [-0.2, 0) is 0 Å². The van der Waals surface area contributed by atoms with E-state index >= 15 is 0 Å². The molecule has 0 bridgehead atoms. The number of carbonyl (C=O) groups excluding carboxylic acids is 1. The monoisotopic (exact) mass is 440 g/mol. The zero-order chi connectivity index (χ0) is 20.1. The largest absolute Gasteiger partial charge is 0.493 e. The van der Waals surface area contributed by atoms with Crippen molar-refractivity contribution >= 4 is 27.5 Å². The molecule has 0 spiro atoms. The first-order valence-electron chi connectivity index (χ1n) is 8.12. The van der Waals surface area contributed by atoms with Crippen molar-refractivity contribution < 1.29 is 18.7 Å². The Bertz CT molecular complexity index is 1060. The van der Waals surface area contributed by atoms with Crippen molar-refractivity contribution in [3.05, 3.63) is 82.1 Å². The Kier molecular flexibility index (Phi) is 5.92. The van der Waals surface area contributed by atoms with Gasteiger partial charge in [0.2, 0.25) is 0 Å². The van der Waals surface area contributed by atoms with Crippen LogP contribution in [0, 0.1) is 17.1 Å². The summed E-state index contributed by atoms with van der Waals surface area (Å²) >= 11 is 3.16. The van der Waals surface area contributed by atoms with Gasteiger partial charge in [-0.05, 0) is 54.6 Å². The van der Waals surface area contributed by atoms with Gasteiger partial charge in [0, 0.05) is 16.2 Å². The number of nitrogens with zero attached hydrogens (tertiary/aromatic N) is 1. The summed E-state index contributed by atoms with van der Waals surface area (Å²) < 4.78 is 25.4. The van der Waals surface area contributed by atoms with E-state index < -0.39 is 11.7 Å². The first-order chi connectivity index (χ1) is 13.5. The van der Waals surface area contributed by atoms with Gasteiger partial charge in [-0.2, -0.15) is 5.26 Å². The quantitative estimate of drug-likeness (QED) is 0.567. The molecule has 0 aromatic heterocycles. The van der Waals surface area contributed by atoms with E-state index in [0.29, 0.717) is 33.0 Å². The molecule has 0 unspecified atom stereocenters.